The maximum atomic E-state index is 8.91. The van der Waals surface area contributed by atoms with Crippen LogP contribution in [0.1, 0.15) is 11.3 Å². The van der Waals surface area contributed by atoms with Crippen molar-refractivity contribution in [3.05, 3.63) is 60.2 Å². The van der Waals surface area contributed by atoms with Crippen molar-refractivity contribution in [2.45, 2.75) is 6.54 Å². The lowest BCUT2D eigenvalue weighted by Crippen LogP contribution is -2.18. The van der Waals surface area contributed by atoms with E-state index in [1.165, 1.54) is 0 Å². The molecule has 0 saturated heterocycles. The Bertz CT molecular complexity index is 808. The van der Waals surface area contributed by atoms with Crippen molar-refractivity contribution in [2.75, 3.05) is 11.9 Å². The third kappa shape index (κ3) is 2.79. The van der Waals surface area contributed by atoms with Gasteiger partial charge in [0, 0.05) is 24.8 Å². The highest BCUT2D eigenvalue weighted by molar-refractivity contribution is 5.81. The van der Waals surface area contributed by atoms with Crippen LogP contribution in [0.25, 0.3) is 10.9 Å². The first-order chi connectivity index (χ1) is 10.3. The fourth-order valence-electron chi connectivity index (χ4n) is 2.13. The smallest absolute Gasteiger partial charge is 0.129 e. The Morgan fingerprint density at radius 3 is 2.86 bits per heavy atom. The largest absolute Gasteiger partial charge is 0.354 e. The summed E-state index contributed by atoms with van der Waals surface area (Å²) < 4.78 is 0. The van der Waals surface area contributed by atoms with Crippen molar-refractivity contribution in [3.8, 4) is 6.07 Å². The van der Waals surface area contributed by atoms with Gasteiger partial charge in [-0.2, -0.15) is 5.26 Å². The van der Waals surface area contributed by atoms with Crippen LogP contribution in [-0.2, 0) is 6.54 Å². The highest BCUT2D eigenvalue weighted by Gasteiger charge is 2.06. The minimum absolute atomic E-state index is 0.641. The normalized spacial score (nSPS) is 10.3. The van der Waals surface area contributed by atoms with Crippen LogP contribution >= 0.6 is 0 Å². The van der Waals surface area contributed by atoms with Crippen molar-refractivity contribution >= 4 is 16.7 Å². The van der Waals surface area contributed by atoms with Gasteiger partial charge in [-0.05, 0) is 30.3 Å². The average molecular weight is 275 g/mol. The lowest BCUT2D eigenvalue weighted by molar-refractivity contribution is 0.859. The molecule has 0 saturated carbocycles. The van der Waals surface area contributed by atoms with Gasteiger partial charge in [-0.25, -0.2) is 4.98 Å². The first kappa shape index (κ1) is 13.0. The van der Waals surface area contributed by atoms with Gasteiger partial charge in [-0.1, -0.05) is 0 Å². The second-order valence-electron chi connectivity index (χ2n) is 4.74. The number of fused-ring (bicyclic) bond motifs is 1. The van der Waals surface area contributed by atoms with Crippen molar-refractivity contribution in [3.63, 3.8) is 0 Å². The number of rotatable bonds is 3. The molecule has 3 rings (SSSR count). The van der Waals surface area contributed by atoms with Crippen LogP contribution in [0.3, 0.4) is 0 Å². The third-order valence-electron chi connectivity index (χ3n) is 3.21. The van der Waals surface area contributed by atoms with Crippen LogP contribution < -0.4 is 4.90 Å². The summed E-state index contributed by atoms with van der Waals surface area (Å²) in [4.78, 5) is 15.0. The Morgan fingerprint density at radius 2 is 2.10 bits per heavy atom. The molecule has 0 amide bonds. The van der Waals surface area contributed by atoms with Gasteiger partial charge in [0.15, 0.2) is 0 Å². The topological polar surface area (TPSA) is 65.7 Å². The molecule has 5 nitrogen and oxygen atoms in total. The van der Waals surface area contributed by atoms with Gasteiger partial charge in [-0.15, -0.1) is 0 Å². The monoisotopic (exact) mass is 275 g/mol. The van der Waals surface area contributed by atoms with Gasteiger partial charge in [0.2, 0.25) is 0 Å². The minimum Gasteiger partial charge on any atom is -0.354 e. The number of aromatic nitrogens is 3. The summed E-state index contributed by atoms with van der Waals surface area (Å²) in [7, 11) is 1.96. The summed E-state index contributed by atoms with van der Waals surface area (Å²) in [6, 6.07) is 11.5. The summed E-state index contributed by atoms with van der Waals surface area (Å²) in [5.74, 6) is 0.859. The maximum Gasteiger partial charge on any atom is 0.129 e. The van der Waals surface area contributed by atoms with Crippen molar-refractivity contribution in [1.29, 1.82) is 5.26 Å². The minimum atomic E-state index is 0.641. The highest BCUT2D eigenvalue weighted by Crippen LogP contribution is 2.19. The molecule has 3 aromatic rings. The molecule has 0 unspecified atom stereocenters. The van der Waals surface area contributed by atoms with Crippen LogP contribution in [0.15, 0.2) is 48.9 Å². The second-order valence-corrected chi connectivity index (χ2v) is 4.74. The molecule has 0 atom stereocenters. The molecule has 5 heteroatoms. The standard InChI is InChI=1S/C16H13N5/c1-21(11-14-10-18-6-7-19-14)16-5-3-13-8-12(9-17)2-4-15(13)20-16/h2-8,10H,11H2,1H3. The van der Waals surface area contributed by atoms with E-state index in [1.807, 2.05) is 36.2 Å². The molecular formula is C16H13N5. The van der Waals surface area contributed by atoms with Crippen LogP contribution in [-0.4, -0.2) is 22.0 Å². The van der Waals surface area contributed by atoms with E-state index >= 15 is 0 Å². The molecule has 1 aromatic carbocycles. The molecule has 2 heterocycles. The van der Waals surface area contributed by atoms with E-state index in [1.54, 1.807) is 24.7 Å². The molecule has 0 bridgehead atoms. The molecule has 0 aliphatic rings. The number of anilines is 1. The number of hydrogen-bond donors (Lipinski definition) is 0. The molecule has 0 aliphatic carbocycles. The number of hydrogen-bond acceptors (Lipinski definition) is 5. The molecule has 0 fully saturated rings. The molecule has 0 radical (unpaired) electrons. The summed E-state index contributed by atoms with van der Waals surface area (Å²) >= 11 is 0. The van der Waals surface area contributed by atoms with Gasteiger partial charge in [-0.3, -0.25) is 9.97 Å². The second kappa shape index (κ2) is 5.55. The molecule has 0 aliphatic heterocycles. The molecule has 0 N–H and O–H groups in total. The van der Waals surface area contributed by atoms with Crippen molar-refractivity contribution in [2.24, 2.45) is 0 Å². The first-order valence-corrected chi connectivity index (χ1v) is 6.53. The highest BCUT2D eigenvalue weighted by atomic mass is 15.2. The van der Waals surface area contributed by atoms with E-state index in [4.69, 9.17) is 5.26 Å². The fraction of sp³-hybridized carbons (Fsp3) is 0.125. The predicted octanol–water partition coefficient (Wildman–Crippen LogP) is 2.53. The van der Waals surface area contributed by atoms with E-state index < -0.39 is 0 Å². The molecular weight excluding hydrogens is 262 g/mol. The molecule has 21 heavy (non-hydrogen) atoms. The van der Waals surface area contributed by atoms with E-state index in [9.17, 15) is 0 Å². The van der Waals surface area contributed by atoms with Crippen molar-refractivity contribution in [1.82, 2.24) is 15.0 Å². The predicted molar refractivity (Wildman–Crippen MR) is 80.6 cm³/mol. The van der Waals surface area contributed by atoms with E-state index in [2.05, 4.69) is 21.0 Å². The average Bonchev–Trinajstić information content (AvgIpc) is 2.54. The quantitative estimate of drug-likeness (QED) is 0.735. The molecule has 2 aromatic heterocycles. The Labute approximate surface area is 122 Å². The maximum absolute atomic E-state index is 8.91. The lowest BCUT2D eigenvalue weighted by Gasteiger charge is -2.17. The van der Waals surface area contributed by atoms with E-state index in [0.29, 0.717) is 12.1 Å². The van der Waals surface area contributed by atoms with Crippen LogP contribution in [0.4, 0.5) is 5.82 Å². The Kier molecular flexibility index (Phi) is 3.44. The Hall–Kier alpha value is -3.00. The van der Waals surface area contributed by atoms with Crippen LogP contribution in [0.5, 0.6) is 0 Å². The molecule has 0 spiro atoms. The zero-order valence-corrected chi connectivity index (χ0v) is 11.6. The van der Waals surface area contributed by atoms with Gasteiger partial charge in [0.25, 0.3) is 0 Å². The fourth-order valence-corrected chi connectivity index (χ4v) is 2.13. The van der Waals surface area contributed by atoms with Crippen LogP contribution in [0, 0.1) is 11.3 Å². The zero-order chi connectivity index (χ0) is 14.7. The first-order valence-electron chi connectivity index (χ1n) is 6.53. The lowest BCUT2D eigenvalue weighted by atomic mass is 10.1. The van der Waals surface area contributed by atoms with Gasteiger partial charge in [0.05, 0.1) is 35.6 Å². The van der Waals surface area contributed by atoms with Gasteiger partial charge >= 0.3 is 0 Å². The SMILES string of the molecule is CN(Cc1cnccn1)c1ccc2cc(C#N)ccc2n1. The summed E-state index contributed by atoms with van der Waals surface area (Å²) in [5.41, 5.74) is 2.41. The molecule has 102 valence electrons. The number of nitriles is 1. The van der Waals surface area contributed by atoms with Gasteiger partial charge in [0.1, 0.15) is 5.82 Å². The summed E-state index contributed by atoms with van der Waals surface area (Å²) in [5, 5.41) is 9.88. The van der Waals surface area contributed by atoms with Crippen molar-refractivity contribution < 1.29 is 0 Å². The Balaban J connectivity index is 1.89. The van der Waals surface area contributed by atoms with E-state index in [-0.39, 0.29) is 0 Å². The number of benzene rings is 1. The number of nitrogens with zero attached hydrogens (tertiary/aromatic N) is 5. The summed E-state index contributed by atoms with van der Waals surface area (Å²) in [6.07, 6.45) is 5.09. The number of pyridine rings is 1. The van der Waals surface area contributed by atoms with E-state index in [0.717, 1.165) is 22.4 Å². The Morgan fingerprint density at radius 1 is 1.19 bits per heavy atom. The van der Waals surface area contributed by atoms with Gasteiger partial charge < -0.3 is 4.90 Å². The van der Waals surface area contributed by atoms with Crippen LogP contribution in [0.2, 0.25) is 0 Å². The summed E-state index contributed by atoms with van der Waals surface area (Å²) in [6.45, 7) is 0.641. The zero-order valence-electron chi connectivity index (χ0n) is 11.6. The third-order valence-corrected chi connectivity index (χ3v) is 3.21.